The summed E-state index contributed by atoms with van der Waals surface area (Å²) >= 11 is 1.49. The summed E-state index contributed by atoms with van der Waals surface area (Å²) in [6.07, 6.45) is 1.79. The number of thiazole rings is 1. The molecule has 0 unspecified atom stereocenters. The van der Waals surface area contributed by atoms with Gasteiger partial charge < -0.3 is 0 Å². The first-order chi connectivity index (χ1) is 19.6. The van der Waals surface area contributed by atoms with Crippen molar-refractivity contribution in [2.45, 2.75) is 11.3 Å². The molecule has 4 aromatic carbocycles. The highest BCUT2D eigenvalue weighted by Gasteiger charge is 2.68. The number of benzene rings is 4. The highest BCUT2D eigenvalue weighted by Crippen LogP contribution is 2.63. The summed E-state index contributed by atoms with van der Waals surface area (Å²) in [5.74, 6) is -2.59. The standard InChI is InChI=1S/C32H21FN4O2S/c33-18-13-15-19(16-14-18)37-29(38)27-26-20-7-1-3-9-22(20)32(28(27)30(37)39,23-10-4-2-8-21(23)26)17-34-36-31-35-24-11-5-6-12-25(24)40-31/h1-17,26-28H,(H,35,36)/b34-17-/t26?,27-,28+,32?/m1/s1. The van der Waals surface area contributed by atoms with E-state index in [4.69, 9.17) is 5.10 Å². The topological polar surface area (TPSA) is 74.7 Å². The second-order valence-electron chi connectivity index (χ2n) is 10.4. The van der Waals surface area contributed by atoms with Crippen molar-refractivity contribution in [1.82, 2.24) is 4.98 Å². The van der Waals surface area contributed by atoms with Crippen molar-refractivity contribution in [2.75, 3.05) is 10.3 Å². The first kappa shape index (κ1) is 23.2. The molecule has 1 fully saturated rings. The molecule has 1 saturated heterocycles. The number of para-hydroxylation sites is 1. The van der Waals surface area contributed by atoms with Crippen LogP contribution in [0.5, 0.6) is 0 Å². The van der Waals surface area contributed by atoms with Gasteiger partial charge in [0, 0.05) is 12.1 Å². The van der Waals surface area contributed by atoms with Gasteiger partial charge in [0.1, 0.15) is 5.82 Å². The summed E-state index contributed by atoms with van der Waals surface area (Å²) in [5.41, 5.74) is 7.35. The van der Waals surface area contributed by atoms with Crippen molar-refractivity contribution in [3.8, 4) is 0 Å². The van der Waals surface area contributed by atoms with E-state index < -0.39 is 23.1 Å². The van der Waals surface area contributed by atoms with E-state index in [1.165, 1.54) is 40.5 Å². The Bertz CT molecular complexity index is 1800. The van der Waals surface area contributed by atoms with Crippen LogP contribution in [0.1, 0.15) is 28.2 Å². The Hall–Kier alpha value is -4.69. The molecule has 8 heteroatoms. The molecule has 0 saturated carbocycles. The Morgan fingerprint density at radius 2 is 1.50 bits per heavy atom. The summed E-state index contributed by atoms with van der Waals surface area (Å²) in [6, 6.07) is 29.4. The third-order valence-corrected chi connectivity index (χ3v) is 9.43. The average Bonchev–Trinajstić information content (AvgIpc) is 3.52. The zero-order chi connectivity index (χ0) is 27.0. The van der Waals surface area contributed by atoms with Crippen LogP contribution in [0.25, 0.3) is 10.2 Å². The lowest BCUT2D eigenvalue weighted by molar-refractivity contribution is -0.122. The zero-order valence-corrected chi connectivity index (χ0v) is 21.8. The highest BCUT2D eigenvalue weighted by atomic mass is 32.1. The number of carbonyl (C=O) groups excluding carboxylic acids is 2. The number of imide groups is 1. The SMILES string of the molecule is O=C1[C@@H]2C3c4ccccc4C(/C=N\Nc4nc5ccccc5s4)(c4ccccc43)[C@@H]2C(=O)N1c1ccc(F)cc1. The van der Waals surface area contributed by atoms with E-state index >= 15 is 0 Å². The predicted molar refractivity (Wildman–Crippen MR) is 153 cm³/mol. The zero-order valence-electron chi connectivity index (χ0n) is 21.0. The van der Waals surface area contributed by atoms with Crippen LogP contribution in [0.15, 0.2) is 102 Å². The Kier molecular flexibility index (Phi) is 4.88. The Morgan fingerprint density at radius 1 is 0.850 bits per heavy atom. The first-order valence-corrected chi connectivity index (χ1v) is 13.9. The molecule has 9 rings (SSSR count). The van der Waals surface area contributed by atoms with E-state index in [-0.39, 0.29) is 17.7 Å². The molecule has 2 bridgehead atoms. The number of fused-ring (bicyclic) bond motifs is 1. The quantitative estimate of drug-likeness (QED) is 0.169. The summed E-state index contributed by atoms with van der Waals surface area (Å²) in [4.78, 5) is 34.3. The minimum absolute atomic E-state index is 0.271. The summed E-state index contributed by atoms with van der Waals surface area (Å²) in [5, 5.41) is 5.33. The third-order valence-electron chi connectivity index (χ3n) is 8.49. The molecule has 2 amide bonds. The van der Waals surface area contributed by atoms with E-state index in [2.05, 4.69) is 10.4 Å². The summed E-state index contributed by atoms with van der Waals surface area (Å²) in [6.45, 7) is 0. The minimum atomic E-state index is -0.988. The summed E-state index contributed by atoms with van der Waals surface area (Å²) in [7, 11) is 0. The second kappa shape index (κ2) is 8.40. The molecule has 0 spiro atoms. The third kappa shape index (κ3) is 3.02. The van der Waals surface area contributed by atoms with Gasteiger partial charge in [0.15, 0.2) is 0 Å². The fourth-order valence-electron chi connectivity index (χ4n) is 7.00. The first-order valence-electron chi connectivity index (χ1n) is 13.1. The molecular formula is C32H21FN4O2S. The van der Waals surface area contributed by atoms with Crippen molar-refractivity contribution in [2.24, 2.45) is 16.9 Å². The van der Waals surface area contributed by atoms with Gasteiger partial charge in [0.05, 0.1) is 33.2 Å². The molecule has 2 heterocycles. The largest absolute Gasteiger partial charge is 0.274 e. The number of amides is 2. The number of hydrogen-bond acceptors (Lipinski definition) is 6. The number of carbonyl (C=O) groups is 2. The molecule has 0 radical (unpaired) electrons. The highest BCUT2D eigenvalue weighted by molar-refractivity contribution is 7.22. The molecule has 1 aromatic heterocycles. The van der Waals surface area contributed by atoms with Crippen LogP contribution in [0, 0.1) is 17.7 Å². The predicted octanol–water partition coefficient (Wildman–Crippen LogP) is 6.08. The van der Waals surface area contributed by atoms with Gasteiger partial charge in [0.25, 0.3) is 0 Å². The molecule has 40 heavy (non-hydrogen) atoms. The number of hydrogen-bond donors (Lipinski definition) is 1. The van der Waals surface area contributed by atoms with Gasteiger partial charge in [-0.05, 0) is 58.7 Å². The van der Waals surface area contributed by atoms with Gasteiger partial charge in [-0.1, -0.05) is 72.0 Å². The summed E-state index contributed by atoms with van der Waals surface area (Å²) < 4.78 is 14.8. The van der Waals surface area contributed by atoms with Crippen LogP contribution in [0.4, 0.5) is 15.2 Å². The molecule has 2 atom stereocenters. The van der Waals surface area contributed by atoms with Crippen molar-refractivity contribution < 1.29 is 14.0 Å². The molecular weight excluding hydrogens is 523 g/mol. The fourth-order valence-corrected chi connectivity index (χ4v) is 7.82. The van der Waals surface area contributed by atoms with E-state index in [9.17, 15) is 14.0 Å². The van der Waals surface area contributed by atoms with E-state index in [0.29, 0.717) is 10.8 Å². The van der Waals surface area contributed by atoms with Crippen LogP contribution in [-0.4, -0.2) is 23.0 Å². The van der Waals surface area contributed by atoms with Gasteiger partial charge in [0.2, 0.25) is 16.9 Å². The average molecular weight is 545 g/mol. The van der Waals surface area contributed by atoms with Gasteiger partial charge in [-0.3, -0.25) is 15.0 Å². The van der Waals surface area contributed by atoms with Gasteiger partial charge in [-0.2, -0.15) is 5.10 Å². The lowest BCUT2D eigenvalue weighted by Crippen LogP contribution is -2.54. The van der Waals surface area contributed by atoms with Crippen LogP contribution in [-0.2, 0) is 15.0 Å². The Labute approximate surface area is 232 Å². The smallest absolute Gasteiger partial charge is 0.239 e. The van der Waals surface area contributed by atoms with Gasteiger partial charge >= 0.3 is 0 Å². The van der Waals surface area contributed by atoms with E-state index in [1.54, 1.807) is 6.21 Å². The number of halogens is 1. The molecule has 4 aliphatic rings. The minimum Gasteiger partial charge on any atom is -0.274 e. The van der Waals surface area contributed by atoms with Crippen molar-refractivity contribution in [1.29, 1.82) is 0 Å². The fraction of sp³-hybridized carbons (Fsp3) is 0.125. The molecule has 6 nitrogen and oxygen atoms in total. The van der Waals surface area contributed by atoms with E-state index in [1.807, 2.05) is 72.8 Å². The Morgan fingerprint density at radius 3 is 2.20 bits per heavy atom. The number of nitrogens with zero attached hydrogens (tertiary/aromatic N) is 3. The van der Waals surface area contributed by atoms with Crippen molar-refractivity contribution in [3.63, 3.8) is 0 Å². The number of nitrogens with one attached hydrogen (secondary N) is 1. The lowest BCUT2D eigenvalue weighted by atomic mass is 9.47. The number of anilines is 2. The van der Waals surface area contributed by atoms with Crippen LogP contribution in [0.3, 0.4) is 0 Å². The monoisotopic (exact) mass is 544 g/mol. The maximum atomic E-state index is 14.3. The number of hydrazone groups is 1. The van der Waals surface area contributed by atoms with E-state index in [0.717, 1.165) is 32.5 Å². The molecule has 1 N–H and O–H groups in total. The van der Waals surface area contributed by atoms with Crippen molar-refractivity contribution >= 4 is 50.4 Å². The molecule has 3 aliphatic carbocycles. The van der Waals surface area contributed by atoms with Crippen LogP contribution in [0.2, 0.25) is 0 Å². The lowest BCUT2D eigenvalue weighted by Gasteiger charge is -2.52. The van der Waals surface area contributed by atoms with Crippen LogP contribution >= 0.6 is 11.3 Å². The van der Waals surface area contributed by atoms with Crippen LogP contribution < -0.4 is 10.3 Å². The number of rotatable bonds is 4. The van der Waals surface area contributed by atoms with Gasteiger partial charge in [-0.25, -0.2) is 14.3 Å². The molecule has 194 valence electrons. The molecule has 1 aliphatic heterocycles. The normalized spacial score (nSPS) is 24.4. The van der Waals surface area contributed by atoms with Crippen molar-refractivity contribution in [3.05, 3.63) is 125 Å². The number of aromatic nitrogens is 1. The Balaban J connectivity index is 1.32. The molecule has 5 aromatic rings. The maximum absolute atomic E-state index is 14.3. The maximum Gasteiger partial charge on any atom is 0.239 e. The van der Waals surface area contributed by atoms with Gasteiger partial charge in [-0.15, -0.1) is 0 Å². The second-order valence-corrected chi connectivity index (χ2v) is 11.4.